The Kier molecular flexibility index (Phi) is 5.31. The van der Waals surface area contributed by atoms with Crippen LogP contribution in [0.25, 0.3) is 10.9 Å². The number of aliphatic hydroxyl groups is 1. The lowest BCUT2D eigenvalue weighted by atomic mass is 10.1. The highest BCUT2D eigenvalue weighted by Crippen LogP contribution is 2.30. The maximum Gasteiger partial charge on any atom is 0.144 e. The van der Waals surface area contributed by atoms with Crippen molar-refractivity contribution in [3.63, 3.8) is 0 Å². The van der Waals surface area contributed by atoms with Crippen LogP contribution in [0.1, 0.15) is 17.5 Å². The van der Waals surface area contributed by atoms with Gasteiger partial charge in [-0.2, -0.15) is 0 Å². The van der Waals surface area contributed by atoms with Gasteiger partial charge in [-0.15, -0.1) is 0 Å². The highest BCUT2D eigenvalue weighted by Gasteiger charge is 2.21. The van der Waals surface area contributed by atoms with E-state index in [1.54, 1.807) is 35.3 Å². The van der Waals surface area contributed by atoms with Crippen LogP contribution in [0.3, 0.4) is 0 Å². The van der Waals surface area contributed by atoms with Crippen LogP contribution in [0.4, 0.5) is 4.39 Å². The van der Waals surface area contributed by atoms with Crippen LogP contribution >= 0.6 is 0 Å². The number of ether oxygens (including phenoxy) is 1. The maximum atomic E-state index is 14.0. The maximum absolute atomic E-state index is 14.0. The van der Waals surface area contributed by atoms with Gasteiger partial charge in [0.2, 0.25) is 0 Å². The van der Waals surface area contributed by atoms with Crippen molar-refractivity contribution in [3.8, 4) is 0 Å². The van der Waals surface area contributed by atoms with Crippen LogP contribution in [0.15, 0.2) is 36.8 Å². The number of imidazole rings is 1. The molecule has 0 spiro atoms. The fraction of sp³-hybridized carbons (Fsp3) is 0.421. The van der Waals surface area contributed by atoms with Crippen LogP contribution in [-0.2, 0) is 18.5 Å². The van der Waals surface area contributed by atoms with Crippen molar-refractivity contribution >= 4 is 19.0 Å². The molecule has 0 radical (unpaired) electrons. The molecule has 1 unspecified atom stereocenters. The largest absolute Gasteiger partial charge is 0.380 e. The molecule has 2 heterocycles. The molecule has 140 valence electrons. The van der Waals surface area contributed by atoms with Gasteiger partial charge in [-0.3, -0.25) is 0 Å². The molecule has 7 heteroatoms. The smallest absolute Gasteiger partial charge is 0.144 e. The summed E-state index contributed by atoms with van der Waals surface area (Å²) in [5.74, 6) is 0.196. The topological polar surface area (TPSA) is 52.2 Å². The second kappa shape index (κ2) is 7.34. The fourth-order valence-electron chi connectivity index (χ4n) is 2.99. The van der Waals surface area contributed by atoms with Gasteiger partial charge in [0.25, 0.3) is 0 Å². The predicted octanol–water partition coefficient (Wildman–Crippen LogP) is 3.91. The van der Waals surface area contributed by atoms with Crippen molar-refractivity contribution in [2.24, 2.45) is 7.05 Å². The van der Waals surface area contributed by atoms with Crippen LogP contribution in [0.2, 0.25) is 25.7 Å². The Morgan fingerprint density at radius 2 is 2.00 bits per heavy atom. The SMILES string of the molecule is Cn1ccc2c(F)ccc(C(O)c3nccn3COCC[Si](C)(C)C)c21. The first kappa shape index (κ1) is 18.8. The van der Waals surface area contributed by atoms with Crippen LogP contribution < -0.4 is 0 Å². The third-order valence-electron chi connectivity index (χ3n) is 4.53. The number of hydrogen-bond donors (Lipinski definition) is 1. The molecule has 1 N–H and O–H groups in total. The molecule has 0 aliphatic carbocycles. The van der Waals surface area contributed by atoms with Gasteiger partial charge >= 0.3 is 0 Å². The lowest BCUT2D eigenvalue weighted by Crippen LogP contribution is -2.22. The molecule has 0 saturated heterocycles. The summed E-state index contributed by atoms with van der Waals surface area (Å²) >= 11 is 0. The lowest BCUT2D eigenvalue weighted by molar-refractivity contribution is 0.0787. The average Bonchev–Trinajstić information content (AvgIpc) is 3.18. The first-order valence-corrected chi connectivity index (χ1v) is 12.5. The van der Waals surface area contributed by atoms with E-state index < -0.39 is 14.2 Å². The third kappa shape index (κ3) is 3.90. The van der Waals surface area contributed by atoms with E-state index in [4.69, 9.17) is 4.74 Å². The molecule has 1 aromatic carbocycles. The zero-order chi connectivity index (χ0) is 18.9. The van der Waals surface area contributed by atoms with E-state index in [9.17, 15) is 9.50 Å². The standard InChI is InChI=1S/C19H26FN3O2Si/c1-22-9-7-14-16(20)6-5-15(17(14)22)18(24)19-21-8-10-23(19)13-25-11-12-26(2,3)4/h5-10,18,24H,11-13H2,1-4H3. The summed E-state index contributed by atoms with van der Waals surface area (Å²) in [7, 11) is 0.698. The van der Waals surface area contributed by atoms with E-state index in [0.29, 0.717) is 35.6 Å². The summed E-state index contributed by atoms with van der Waals surface area (Å²) in [5, 5.41) is 11.4. The van der Waals surface area contributed by atoms with Gasteiger partial charge in [0.15, 0.2) is 0 Å². The minimum atomic E-state index is -1.14. The molecule has 1 atom stereocenters. The van der Waals surface area contributed by atoms with Gasteiger partial charge in [0.05, 0.1) is 5.52 Å². The van der Waals surface area contributed by atoms with E-state index in [2.05, 4.69) is 24.6 Å². The Morgan fingerprint density at radius 3 is 2.73 bits per heavy atom. The molecular weight excluding hydrogens is 349 g/mol. The second-order valence-corrected chi connectivity index (χ2v) is 13.5. The Labute approximate surface area is 154 Å². The molecule has 2 aromatic heterocycles. The molecule has 5 nitrogen and oxygen atoms in total. The number of aliphatic hydroxyl groups excluding tert-OH is 1. The van der Waals surface area contributed by atoms with Gasteiger partial charge in [-0.05, 0) is 18.2 Å². The Bertz CT molecular complexity index is 898. The molecule has 3 rings (SSSR count). The number of fused-ring (bicyclic) bond motifs is 1. The Hall–Kier alpha value is -1.96. The van der Waals surface area contributed by atoms with E-state index in [-0.39, 0.29) is 5.82 Å². The van der Waals surface area contributed by atoms with Gasteiger partial charge < -0.3 is 19.0 Å². The predicted molar refractivity (Wildman–Crippen MR) is 103 cm³/mol. The summed E-state index contributed by atoms with van der Waals surface area (Å²) in [6.07, 6.45) is 4.27. The Morgan fingerprint density at radius 1 is 1.23 bits per heavy atom. The first-order valence-electron chi connectivity index (χ1n) is 8.78. The van der Waals surface area contributed by atoms with Crippen molar-refractivity contribution in [1.29, 1.82) is 0 Å². The van der Waals surface area contributed by atoms with Crippen LogP contribution in [0, 0.1) is 5.82 Å². The van der Waals surface area contributed by atoms with Gasteiger partial charge in [0, 0.05) is 51.3 Å². The number of rotatable bonds is 7. The summed E-state index contributed by atoms with van der Waals surface area (Å²) in [6, 6.07) is 5.81. The molecule has 26 heavy (non-hydrogen) atoms. The molecule has 0 aliphatic rings. The van der Waals surface area contributed by atoms with Crippen molar-refractivity contribution in [1.82, 2.24) is 14.1 Å². The Balaban J connectivity index is 1.82. The van der Waals surface area contributed by atoms with Crippen molar-refractivity contribution in [2.45, 2.75) is 38.5 Å². The fourth-order valence-corrected chi connectivity index (χ4v) is 3.75. The highest BCUT2D eigenvalue weighted by atomic mass is 28.3. The number of halogens is 1. The number of hydrogen-bond acceptors (Lipinski definition) is 3. The lowest BCUT2D eigenvalue weighted by Gasteiger charge is -2.18. The normalized spacial score (nSPS) is 13.5. The molecule has 0 bridgehead atoms. The minimum Gasteiger partial charge on any atom is -0.380 e. The number of aromatic nitrogens is 3. The van der Waals surface area contributed by atoms with E-state index in [1.165, 1.54) is 6.07 Å². The van der Waals surface area contributed by atoms with Gasteiger partial charge in [0.1, 0.15) is 24.5 Å². The van der Waals surface area contributed by atoms with Crippen LogP contribution in [0.5, 0.6) is 0 Å². The van der Waals surface area contributed by atoms with Crippen LogP contribution in [-0.4, -0.2) is 33.9 Å². The first-order chi connectivity index (χ1) is 12.3. The second-order valence-electron chi connectivity index (χ2n) is 7.83. The monoisotopic (exact) mass is 375 g/mol. The zero-order valence-electron chi connectivity index (χ0n) is 15.7. The highest BCUT2D eigenvalue weighted by molar-refractivity contribution is 6.76. The van der Waals surface area contributed by atoms with E-state index in [1.807, 2.05) is 11.6 Å². The molecule has 0 saturated carbocycles. The molecule has 0 fully saturated rings. The number of nitrogens with zero attached hydrogens (tertiary/aromatic N) is 3. The molecular formula is C19H26FN3O2Si. The van der Waals surface area contributed by atoms with E-state index in [0.717, 1.165) is 6.04 Å². The van der Waals surface area contributed by atoms with Crippen molar-refractivity contribution < 1.29 is 14.2 Å². The molecule has 0 amide bonds. The third-order valence-corrected chi connectivity index (χ3v) is 6.23. The number of aryl methyl sites for hydroxylation is 1. The summed E-state index contributed by atoms with van der Waals surface area (Å²) < 4.78 is 23.4. The van der Waals surface area contributed by atoms with Gasteiger partial charge in [-0.1, -0.05) is 25.7 Å². The summed E-state index contributed by atoms with van der Waals surface area (Å²) in [6.45, 7) is 7.96. The summed E-state index contributed by atoms with van der Waals surface area (Å²) in [4.78, 5) is 4.30. The molecule has 3 aromatic rings. The number of benzene rings is 1. The van der Waals surface area contributed by atoms with Gasteiger partial charge in [-0.25, -0.2) is 9.37 Å². The summed E-state index contributed by atoms with van der Waals surface area (Å²) in [5.41, 5.74) is 1.30. The molecule has 0 aliphatic heterocycles. The quantitative estimate of drug-likeness (QED) is 0.503. The van der Waals surface area contributed by atoms with E-state index >= 15 is 0 Å². The zero-order valence-corrected chi connectivity index (χ0v) is 16.7. The van der Waals surface area contributed by atoms with Crippen molar-refractivity contribution in [2.75, 3.05) is 6.61 Å². The average molecular weight is 376 g/mol. The van der Waals surface area contributed by atoms with Crippen molar-refractivity contribution in [3.05, 3.63) is 54.0 Å². The minimum absolute atomic E-state index is 0.297.